The van der Waals surface area contributed by atoms with Crippen LogP contribution in [0.5, 0.6) is 0 Å². The summed E-state index contributed by atoms with van der Waals surface area (Å²) in [6.07, 6.45) is 6.01. The molecule has 27 heavy (non-hydrogen) atoms. The van der Waals surface area contributed by atoms with Crippen molar-refractivity contribution in [1.82, 2.24) is 0 Å². The van der Waals surface area contributed by atoms with Gasteiger partial charge in [0.1, 0.15) is 0 Å². The summed E-state index contributed by atoms with van der Waals surface area (Å²) < 4.78 is 5.87. The number of rotatable bonds is 6. The number of hydrogen-bond donors (Lipinski definition) is 1. The van der Waals surface area contributed by atoms with Crippen molar-refractivity contribution in [2.45, 2.75) is 36.1 Å². The van der Waals surface area contributed by atoms with Crippen LogP contribution in [0, 0.1) is 5.92 Å². The Morgan fingerprint density at radius 3 is 2.78 bits per heavy atom. The van der Waals surface area contributed by atoms with Crippen molar-refractivity contribution in [1.29, 1.82) is 0 Å². The second-order valence-corrected chi connectivity index (χ2v) is 9.90. The van der Waals surface area contributed by atoms with E-state index < -0.39 is 6.10 Å². The van der Waals surface area contributed by atoms with E-state index in [1.54, 1.807) is 0 Å². The molecule has 4 heteroatoms. The normalized spacial score (nSPS) is 22.8. The summed E-state index contributed by atoms with van der Waals surface area (Å²) in [6, 6.07) is 14.8. The molecule has 2 aliphatic rings. The molecule has 0 fully saturated rings. The zero-order chi connectivity index (χ0) is 18.8. The third-order valence-electron chi connectivity index (χ3n) is 5.15. The van der Waals surface area contributed by atoms with Crippen molar-refractivity contribution >= 4 is 31.6 Å². The average molecular weight is 426 g/mol. The van der Waals surface area contributed by atoms with Gasteiger partial charge in [0, 0.05) is 0 Å². The van der Waals surface area contributed by atoms with E-state index in [1.165, 1.54) is 16.3 Å². The van der Waals surface area contributed by atoms with Crippen LogP contribution in [0.4, 0.5) is 0 Å². The Morgan fingerprint density at radius 2 is 2.00 bits per heavy atom. The third kappa shape index (κ3) is 4.03. The summed E-state index contributed by atoms with van der Waals surface area (Å²) in [5, 5.41) is 13.9. The summed E-state index contributed by atoms with van der Waals surface area (Å²) >= 11 is 0.242. The van der Waals surface area contributed by atoms with E-state index in [0.717, 1.165) is 16.8 Å². The van der Waals surface area contributed by atoms with Crippen molar-refractivity contribution in [2.75, 3.05) is 6.61 Å². The molecule has 1 heterocycles. The summed E-state index contributed by atoms with van der Waals surface area (Å²) in [6.45, 7) is 5.05. The minimum absolute atomic E-state index is 0.242. The fourth-order valence-electron chi connectivity index (χ4n) is 3.39. The Labute approximate surface area is 167 Å². The Kier molecular flexibility index (Phi) is 5.49. The number of ether oxygens (including phenoxy) is 1. The van der Waals surface area contributed by atoms with Crippen LogP contribution in [-0.2, 0) is 4.74 Å². The number of aliphatic hydroxyl groups excluding tert-OH is 1. The van der Waals surface area contributed by atoms with Gasteiger partial charge in [-0.1, -0.05) is 0 Å². The predicted octanol–water partition coefficient (Wildman–Crippen LogP) is 4.73. The zero-order valence-corrected chi connectivity index (χ0v) is 17.4. The molecule has 0 saturated heterocycles. The Hall–Kier alpha value is -1.87. The van der Waals surface area contributed by atoms with Crippen LogP contribution < -0.4 is 0 Å². The van der Waals surface area contributed by atoms with Gasteiger partial charge in [-0.15, -0.1) is 0 Å². The molecule has 2 aromatic carbocycles. The number of aliphatic imine (C=N–C) groups is 1. The number of fused-ring (bicyclic) bond motifs is 1. The van der Waals surface area contributed by atoms with Gasteiger partial charge in [0.25, 0.3) is 0 Å². The Bertz CT molecular complexity index is 915. The number of nitrogens with zero attached hydrogens (tertiary/aromatic N) is 1. The molecule has 1 N–H and O–H groups in total. The van der Waals surface area contributed by atoms with Gasteiger partial charge in [0.2, 0.25) is 0 Å². The summed E-state index contributed by atoms with van der Waals surface area (Å²) in [7, 11) is 0. The van der Waals surface area contributed by atoms with E-state index >= 15 is 0 Å². The fraction of sp³-hybridized carbons (Fsp3) is 0.348. The second-order valence-electron chi connectivity index (χ2n) is 7.44. The molecule has 2 aromatic rings. The molecule has 3 atom stereocenters. The first kappa shape index (κ1) is 18.5. The van der Waals surface area contributed by atoms with E-state index in [0.29, 0.717) is 17.3 Å². The zero-order valence-electron chi connectivity index (χ0n) is 15.7. The van der Waals surface area contributed by atoms with Gasteiger partial charge < -0.3 is 0 Å². The minimum atomic E-state index is -0.431. The molecular formula is C23H25NO2Se. The van der Waals surface area contributed by atoms with Gasteiger partial charge in [0.05, 0.1) is 0 Å². The van der Waals surface area contributed by atoms with Gasteiger partial charge in [-0.05, 0) is 0 Å². The van der Waals surface area contributed by atoms with Crippen LogP contribution in [0.1, 0.15) is 25.5 Å². The summed E-state index contributed by atoms with van der Waals surface area (Å²) in [4.78, 5) is 5.10. The van der Waals surface area contributed by atoms with E-state index in [9.17, 15) is 5.11 Å². The van der Waals surface area contributed by atoms with Crippen LogP contribution in [-0.4, -0.2) is 38.6 Å². The summed E-state index contributed by atoms with van der Waals surface area (Å²) in [5.41, 5.74) is 2.18. The quantitative estimate of drug-likeness (QED) is 0.679. The predicted molar refractivity (Wildman–Crippen MR) is 112 cm³/mol. The van der Waals surface area contributed by atoms with E-state index in [1.807, 2.05) is 18.2 Å². The first-order valence-electron chi connectivity index (χ1n) is 9.49. The molecule has 0 saturated carbocycles. The molecule has 0 amide bonds. The standard InChI is InChI=1S/C23H25NO2Se/c1-15(2)20-13-26-23(24-20)19-8-5-9-22(19)27-14-21(25)18-11-10-16-6-3-4-7-17(16)12-18/h3-12,15,20-22,25H,13-14H2,1-2H3/t20-,21?,22?/m1/s1. The topological polar surface area (TPSA) is 41.8 Å². The molecule has 0 bridgehead atoms. The van der Waals surface area contributed by atoms with Crippen molar-refractivity contribution in [3.8, 4) is 0 Å². The number of hydrogen-bond acceptors (Lipinski definition) is 3. The molecule has 0 aromatic heterocycles. The van der Waals surface area contributed by atoms with E-state index in [-0.39, 0.29) is 21.0 Å². The molecule has 1 aliphatic heterocycles. The van der Waals surface area contributed by atoms with Gasteiger partial charge in [0.15, 0.2) is 0 Å². The molecular weight excluding hydrogens is 401 g/mol. The van der Waals surface area contributed by atoms with Gasteiger partial charge in [-0.2, -0.15) is 0 Å². The first-order valence-corrected chi connectivity index (χ1v) is 11.7. The van der Waals surface area contributed by atoms with Gasteiger partial charge in [-0.25, -0.2) is 0 Å². The molecule has 0 spiro atoms. The van der Waals surface area contributed by atoms with Crippen LogP contribution >= 0.6 is 0 Å². The fourth-order valence-corrected chi connectivity index (χ4v) is 5.79. The van der Waals surface area contributed by atoms with Crippen molar-refractivity contribution in [3.05, 3.63) is 71.8 Å². The first-order chi connectivity index (χ1) is 13.1. The molecule has 140 valence electrons. The van der Waals surface area contributed by atoms with E-state index in [4.69, 9.17) is 9.73 Å². The second kappa shape index (κ2) is 8.02. The Morgan fingerprint density at radius 1 is 1.19 bits per heavy atom. The average Bonchev–Trinajstić information content (AvgIpc) is 3.34. The monoisotopic (exact) mass is 427 g/mol. The number of allylic oxidation sites excluding steroid dienone is 3. The van der Waals surface area contributed by atoms with Crippen molar-refractivity contribution in [3.63, 3.8) is 0 Å². The molecule has 1 aliphatic carbocycles. The number of aliphatic hydroxyl groups is 1. The maximum atomic E-state index is 10.7. The molecule has 3 nitrogen and oxygen atoms in total. The molecule has 0 radical (unpaired) electrons. The Balaban J connectivity index is 1.41. The summed E-state index contributed by atoms with van der Waals surface area (Å²) in [5.74, 6) is 1.31. The third-order valence-corrected chi connectivity index (χ3v) is 7.83. The van der Waals surface area contributed by atoms with Crippen LogP contribution in [0.2, 0.25) is 10.1 Å². The maximum absolute atomic E-state index is 10.7. The van der Waals surface area contributed by atoms with Crippen molar-refractivity contribution < 1.29 is 9.84 Å². The molecule has 4 rings (SSSR count). The SMILES string of the molecule is CC(C)[C@H]1COC(C2=CC=CC2[Se]CC(O)c2ccc3ccccc3c2)=N1. The van der Waals surface area contributed by atoms with Crippen LogP contribution in [0.15, 0.2) is 71.3 Å². The van der Waals surface area contributed by atoms with Crippen LogP contribution in [0.25, 0.3) is 10.8 Å². The van der Waals surface area contributed by atoms with Gasteiger partial charge in [-0.3, -0.25) is 0 Å². The van der Waals surface area contributed by atoms with Crippen LogP contribution in [0.3, 0.4) is 0 Å². The molecule has 2 unspecified atom stereocenters. The van der Waals surface area contributed by atoms with E-state index in [2.05, 4.69) is 56.3 Å². The number of benzene rings is 2. The van der Waals surface area contributed by atoms with Crippen molar-refractivity contribution in [2.24, 2.45) is 10.9 Å². The van der Waals surface area contributed by atoms with Gasteiger partial charge >= 0.3 is 167 Å².